The summed E-state index contributed by atoms with van der Waals surface area (Å²) in [6, 6.07) is 7.51. The van der Waals surface area contributed by atoms with Gasteiger partial charge in [0.05, 0.1) is 21.7 Å². The van der Waals surface area contributed by atoms with E-state index in [0.717, 1.165) is 21.6 Å². The van der Waals surface area contributed by atoms with Crippen molar-refractivity contribution >= 4 is 49.1 Å². The molecule has 1 aromatic carbocycles. The second kappa shape index (κ2) is 6.21. The molecule has 0 bridgehead atoms. The van der Waals surface area contributed by atoms with Gasteiger partial charge in [0.1, 0.15) is 24.1 Å². The Morgan fingerprint density at radius 2 is 2.19 bits per heavy atom. The summed E-state index contributed by atoms with van der Waals surface area (Å²) in [6.45, 7) is 0.520. The largest absolute Gasteiger partial charge is 0.451 e. The third kappa shape index (κ3) is 3.14. The lowest BCUT2D eigenvalue weighted by molar-refractivity contribution is 0.494. The van der Waals surface area contributed by atoms with Crippen LogP contribution < -0.4 is 5.32 Å². The van der Waals surface area contributed by atoms with Crippen molar-refractivity contribution in [3.05, 3.63) is 56.8 Å². The number of furan rings is 1. The highest BCUT2D eigenvalue weighted by Crippen LogP contribution is 2.30. The molecule has 0 unspecified atom stereocenters. The molecule has 0 saturated carbocycles. The molecule has 0 atom stereocenters. The van der Waals surface area contributed by atoms with Crippen molar-refractivity contribution in [1.82, 2.24) is 14.8 Å². The molecule has 3 aromatic rings. The number of rotatable bonds is 4. The molecule has 0 spiro atoms. The highest BCUT2D eigenvalue weighted by Gasteiger charge is 2.11. The van der Waals surface area contributed by atoms with Crippen molar-refractivity contribution in [2.24, 2.45) is 0 Å². The van der Waals surface area contributed by atoms with Crippen LogP contribution in [0.3, 0.4) is 0 Å². The molecule has 0 aliphatic rings. The summed E-state index contributed by atoms with van der Waals surface area (Å²) in [5, 5.41) is 8.00. The fraction of sp³-hybridized carbons (Fsp3) is 0.0769. The van der Waals surface area contributed by atoms with Crippen molar-refractivity contribution in [3.63, 3.8) is 0 Å². The molecule has 0 saturated heterocycles. The lowest BCUT2D eigenvalue weighted by Crippen LogP contribution is -2.05. The summed E-state index contributed by atoms with van der Waals surface area (Å²) in [7, 11) is 0. The summed E-state index contributed by atoms with van der Waals surface area (Å²) < 4.78 is 8.71. The van der Waals surface area contributed by atoms with E-state index in [2.05, 4.69) is 47.3 Å². The zero-order valence-corrected chi connectivity index (χ0v) is 14.5. The Bertz CT molecular complexity index is 738. The maximum atomic E-state index is 6.26. The van der Waals surface area contributed by atoms with Gasteiger partial charge in [-0.3, -0.25) is 0 Å². The molecular formula is C13H9Br2ClN4O. The van der Waals surface area contributed by atoms with Crippen LogP contribution in [0.2, 0.25) is 5.02 Å². The second-order valence-electron chi connectivity index (χ2n) is 4.16. The third-order valence-corrected chi connectivity index (χ3v) is 4.80. The third-order valence-electron chi connectivity index (χ3n) is 2.78. The van der Waals surface area contributed by atoms with Crippen LogP contribution in [0.15, 0.2) is 50.5 Å². The summed E-state index contributed by atoms with van der Waals surface area (Å²) in [5.41, 5.74) is 1.60. The van der Waals surface area contributed by atoms with Gasteiger partial charge in [-0.05, 0) is 50.1 Å². The average molecular weight is 433 g/mol. The highest BCUT2D eigenvalue weighted by atomic mass is 79.9. The van der Waals surface area contributed by atoms with Gasteiger partial charge in [0, 0.05) is 0 Å². The Hall–Kier alpha value is -1.31. The summed E-state index contributed by atoms with van der Waals surface area (Å²) in [6.07, 6.45) is 3.07. The van der Waals surface area contributed by atoms with Gasteiger partial charge in [-0.25, -0.2) is 9.67 Å². The number of aromatic nitrogens is 3. The van der Waals surface area contributed by atoms with E-state index in [4.69, 9.17) is 16.0 Å². The van der Waals surface area contributed by atoms with Gasteiger partial charge in [0.25, 0.3) is 0 Å². The first kappa shape index (κ1) is 14.6. The molecule has 1 N–H and O–H groups in total. The van der Waals surface area contributed by atoms with Crippen molar-refractivity contribution in [2.45, 2.75) is 6.54 Å². The van der Waals surface area contributed by atoms with Crippen LogP contribution in [0.5, 0.6) is 0 Å². The first-order valence-electron chi connectivity index (χ1n) is 5.96. The molecule has 0 aliphatic heterocycles. The van der Waals surface area contributed by atoms with E-state index >= 15 is 0 Å². The molecule has 0 aliphatic carbocycles. The molecule has 0 fully saturated rings. The minimum Gasteiger partial charge on any atom is -0.451 e. The normalized spacial score (nSPS) is 10.8. The van der Waals surface area contributed by atoms with Crippen LogP contribution >= 0.6 is 43.5 Å². The predicted octanol–water partition coefficient (Wildman–Crippen LogP) is 4.65. The summed E-state index contributed by atoms with van der Waals surface area (Å²) in [5.74, 6) is 0.790. The van der Waals surface area contributed by atoms with Crippen LogP contribution in [0, 0.1) is 0 Å². The number of halogens is 3. The standard InChI is InChI=1S/C13H9Br2ClN4O/c14-9-4-8(21-13(9)15)5-18-11-3-1-2-10(16)12(11)20-7-17-6-19-20/h1-4,6-7,18H,5H2. The smallest absolute Gasteiger partial charge is 0.183 e. The zero-order chi connectivity index (χ0) is 14.8. The van der Waals surface area contributed by atoms with Crippen molar-refractivity contribution < 1.29 is 4.42 Å². The second-order valence-corrected chi connectivity index (χ2v) is 6.15. The summed E-state index contributed by atoms with van der Waals surface area (Å²) >= 11 is 13.0. The molecule has 0 radical (unpaired) electrons. The minimum absolute atomic E-state index is 0.520. The first-order valence-corrected chi connectivity index (χ1v) is 7.92. The molecule has 8 heteroatoms. The van der Waals surface area contributed by atoms with Crippen molar-refractivity contribution in [1.29, 1.82) is 0 Å². The van der Waals surface area contributed by atoms with Gasteiger partial charge in [0.2, 0.25) is 0 Å². The van der Waals surface area contributed by atoms with Gasteiger partial charge in [0.15, 0.2) is 4.67 Å². The number of nitrogens with one attached hydrogen (secondary N) is 1. The molecule has 0 amide bonds. The minimum atomic E-state index is 0.520. The number of anilines is 1. The van der Waals surface area contributed by atoms with Gasteiger partial charge in [-0.15, -0.1) is 0 Å². The Balaban J connectivity index is 1.87. The quantitative estimate of drug-likeness (QED) is 0.652. The molecule has 3 rings (SSSR count). The Kier molecular flexibility index (Phi) is 4.32. The van der Waals surface area contributed by atoms with Crippen molar-refractivity contribution in [3.8, 4) is 5.69 Å². The van der Waals surface area contributed by atoms with Crippen LogP contribution in [-0.4, -0.2) is 14.8 Å². The fourth-order valence-electron chi connectivity index (χ4n) is 1.88. The van der Waals surface area contributed by atoms with E-state index < -0.39 is 0 Å². The predicted molar refractivity (Wildman–Crippen MR) is 87.8 cm³/mol. The SMILES string of the molecule is Clc1cccc(NCc2cc(Br)c(Br)o2)c1-n1cncn1. The zero-order valence-electron chi connectivity index (χ0n) is 10.6. The van der Waals surface area contributed by atoms with Crippen LogP contribution in [0.1, 0.15) is 5.76 Å². The molecule has 2 heterocycles. The maximum absolute atomic E-state index is 6.26. The topological polar surface area (TPSA) is 55.9 Å². The molecular weight excluding hydrogens is 423 g/mol. The van der Waals surface area contributed by atoms with Crippen LogP contribution in [0.25, 0.3) is 5.69 Å². The number of hydrogen-bond donors (Lipinski definition) is 1. The lowest BCUT2D eigenvalue weighted by Gasteiger charge is -2.12. The van der Waals surface area contributed by atoms with E-state index in [1.54, 1.807) is 11.0 Å². The number of hydrogen-bond acceptors (Lipinski definition) is 4. The van der Waals surface area contributed by atoms with E-state index in [0.29, 0.717) is 16.2 Å². The van der Waals surface area contributed by atoms with Gasteiger partial charge in [-0.2, -0.15) is 5.10 Å². The Morgan fingerprint density at radius 1 is 1.33 bits per heavy atom. The lowest BCUT2D eigenvalue weighted by atomic mass is 10.2. The number of benzene rings is 1. The fourth-order valence-corrected chi connectivity index (χ4v) is 2.80. The van der Waals surface area contributed by atoms with E-state index in [-0.39, 0.29) is 0 Å². The van der Waals surface area contributed by atoms with Gasteiger partial charge >= 0.3 is 0 Å². The molecule has 21 heavy (non-hydrogen) atoms. The first-order chi connectivity index (χ1) is 10.1. The van der Waals surface area contributed by atoms with Crippen LogP contribution in [-0.2, 0) is 6.54 Å². The van der Waals surface area contributed by atoms with Crippen LogP contribution in [0.4, 0.5) is 5.69 Å². The maximum Gasteiger partial charge on any atom is 0.183 e. The Labute approximate surface area is 142 Å². The van der Waals surface area contributed by atoms with E-state index in [1.165, 1.54) is 6.33 Å². The monoisotopic (exact) mass is 430 g/mol. The molecule has 5 nitrogen and oxygen atoms in total. The number of nitrogens with zero attached hydrogens (tertiary/aromatic N) is 3. The van der Waals surface area contributed by atoms with Crippen molar-refractivity contribution in [2.75, 3.05) is 5.32 Å². The average Bonchev–Trinajstić information content (AvgIpc) is 3.07. The van der Waals surface area contributed by atoms with Gasteiger partial charge in [-0.1, -0.05) is 17.7 Å². The number of para-hydroxylation sites is 1. The Morgan fingerprint density at radius 3 is 2.86 bits per heavy atom. The molecule has 2 aromatic heterocycles. The molecule has 108 valence electrons. The van der Waals surface area contributed by atoms with Gasteiger partial charge < -0.3 is 9.73 Å². The van der Waals surface area contributed by atoms with E-state index in [1.807, 2.05) is 24.3 Å². The van der Waals surface area contributed by atoms with E-state index in [9.17, 15) is 0 Å². The highest BCUT2D eigenvalue weighted by molar-refractivity contribution is 9.13. The summed E-state index contributed by atoms with van der Waals surface area (Å²) in [4.78, 5) is 3.95.